The Balaban J connectivity index is 2.02. The van der Waals surface area contributed by atoms with E-state index in [9.17, 15) is 0 Å². The van der Waals surface area contributed by atoms with Crippen molar-refractivity contribution in [2.75, 3.05) is 18.5 Å². The van der Waals surface area contributed by atoms with Crippen LogP contribution in [0.25, 0.3) is 6.08 Å². The van der Waals surface area contributed by atoms with Crippen LogP contribution in [0, 0.1) is 0 Å². The predicted octanol–water partition coefficient (Wildman–Crippen LogP) is 2.83. The van der Waals surface area contributed by atoms with Crippen molar-refractivity contribution in [3.8, 4) is 0 Å². The molecule has 0 aromatic heterocycles. The van der Waals surface area contributed by atoms with Gasteiger partial charge in [0.1, 0.15) is 0 Å². The average molecular weight is 217 g/mol. The normalized spacial score (nSPS) is 14.8. The molecule has 2 heteroatoms. The summed E-state index contributed by atoms with van der Waals surface area (Å²) in [5, 5.41) is 12.1. The Bertz CT molecular complexity index is 371. The van der Waals surface area contributed by atoms with Crippen LogP contribution in [0.5, 0.6) is 0 Å². The topological polar surface area (TPSA) is 32.3 Å². The molecule has 0 radical (unpaired) electrons. The first-order valence-electron chi connectivity index (χ1n) is 6.04. The van der Waals surface area contributed by atoms with Crippen LogP contribution < -0.4 is 5.32 Å². The van der Waals surface area contributed by atoms with Gasteiger partial charge in [0, 0.05) is 18.8 Å². The number of allylic oxidation sites excluding steroid dienone is 1. The molecule has 0 unspecified atom stereocenters. The molecule has 1 heterocycles. The second-order valence-corrected chi connectivity index (χ2v) is 4.22. The molecule has 0 fully saturated rings. The van der Waals surface area contributed by atoms with Crippen LogP contribution in [0.1, 0.15) is 30.4 Å². The molecule has 0 amide bonds. The van der Waals surface area contributed by atoms with Crippen LogP contribution in [0.2, 0.25) is 0 Å². The zero-order valence-electron chi connectivity index (χ0n) is 9.58. The molecule has 1 aromatic rings. The Morgan fingerprint density at radius 2 is 2.31 bits per heavy atom. The molecule has 0 saturated carbocycles. The molecule has 86 valence electrons. The number of aliphatic hydroxyl groups excluding tert-OH is 1. The number of benzene rings is 1. The fraction of sp³-hybridized carbons (Fsp3) is 0.429. The highest BCUT2D eigenvalue weighted by Crippen LogP contribution is 2.23. The van der Waals surface area contributed by atoms with Crippen molar-refractivity contribution in [2.24, 2.45) is 0 Å². The van der Waals surface area contributed by atoms with Crippen molar-refractivity contribution < 1.29 is 5.11 Å². The van der Waals surface area contributed by atoms with E-state index in [2.05, 4.69) is 35.7 Å². The SMILES string of the molecule is OCCC/C=C/c1ccc2c(c1)NCCC2. The first-order chi connectivity index (χ1) is 7.90. The number of hydrogen-bond donors (Lipinski definition) is 2. The third kappa shape index (κ3) is 2.86. The van der Waals surface area contributed by atoms with Crippen LogP contribution in [0.4, 0.5) is 5.69 Å². The van der Waals surface area contributed by atoms with Gasteiger partial charge in [0.15, 0.2) is 0 Å². The smallest absolute Gasteiger partial charge is 0.0433 e. The Morgan fingerprint density at radius 1 is 1.38 bits per heavy atom. The van der Waals surface area contributed by atoms with Gasteiger partial charge in [0.2, 0.25) is 0 Å². The lowest BCUT2D eigenvalue weighted by atomic mass is 10.0. The molecule has 2 nitrogen and oxygen atoms in total. The minimum atomic E-state index is 0.274. The summed E-state index contributed by atoms with van der Waals surface area (Å²) in [6.45, 7) is 1.36. The third-order valence-corrected chi connectivity index (χ3v) is 2.91. The Hall–Kier alpha value is -1.28. The number of fused-ring (bicyclic) bond motifs is 1. The monoisotopic (exact) mass is 217 g/mol. The molecule has 0 bridgehead atoms. The molecule has 0 atom stereocenters. The van der Waals surface area contributed by atoms with E-state index < -0.39 is 0 Å². The Labute approximate surface area is 97.0 Å². The van der Waals surface area contributed by atoms with Crippen molar-refractivity contribution in [1.82, 2.24) is 0 Å². The lowest BCUT2D eigenvalue weighted by molar-refractivity contribution is 0.290. The van der Waals surface area contributed by atoms with Gasteiger partial charge in [0.05, 0.1) is 0 Å². The summed E-state index contributed by atoms with van der Waals surface area (Å²) in [5.41, 5.74) is 3.96. The van der Waals surface area contributed by atoms with Gasteiger partial charge < -0.3 is 10.4 Å². The first kappa shape index (κ1) is 11.2. The lowest BCUT2D eigenvalue weighted by Crippen LogP contribution is -2.11. The van der Waals surface area contributed by atoms with Crippen molar-refractivity contribution in [3.05, 3.63) is 35.4 Å². The molecule has 2 N–H and O–H groups in total. The van der Waals surface area contributed by atoms with Gasteiger partial charge in [-0.1, -0.05) is 24.3 Å². The summed E-state index contributed by atoms with van der Waals surface area (Å²) in [5.74, 6) is 0. The van der Waals surface area contributed by atoms with Crippen molar-refractivity contribution in [1.29, 1.82) is 0 Å². The maximum atomic E-state index is 8.68. The number of anilines is 1. The molecule has 2 rings (SSSR count). The summed E-state index contributed by atoms with van der Waals surface area (Å²) < 4.78 is 0. The molecule has 0 saturated heterocycles. The van der Waals surface area contributed by atoms with Gasteiger partial charge >= 0.3 is 0 Å². The van der Waals surface area contributed by atoms with Crippen molar-refractivity contribution >= 4 is 11.8 Å². The molecular weight excluding hydrogens is 198 g/mol. The summed E-state index contributed by atoms with van der Waals surface area (Å²) in [4.78, 5) is 0. The van der Waals surface area contributed by atoms with Gasteiger partial charge in [-0.2, -0.15) is 0 Å². The van der Waals surface area contributed by atoms with E-state index in [-0.39, 0.29) is 6.61 Å². The number of aryl methyl sites for hydroxylation is 1. The number of rotatable bonds is 4. The Morgan fingerprint density at radius 3 is 3.19 bits per heavy atom. The van der Waals surface area contributed by atoms with E-state index in [1.54, 1.807) is 0 Å². The number of aliphatic hydroxyl groups is 1. The van der Waals surface area contributed by atoms with Crippen LogP contribution in [0.15, 0.2) is 24.3 Å². The standard InChI is InChI=1S/C14H19NO/c16-10-3-1-2-5-12-7-8-13-6-4-9-15-14(13)11-12/h2,5,7-8,11,15-16H,1,3-4,6,9-10H2/b5-2+. The number of hydrogen-bond acceptors (Lipinski definition) is 2. The molecule has 1 aliphatic heterocycles. The van der Waals surface area contributed by atoms with Crippen LogP contribution in [-0.2, 0) is 6.42 Å². The second-order valence-electron chi connectivity index (χ2n) is 4.22. The lowest BCUT2D eigenvalue weighted by Gasteiger charge is -2.18. The minimum Gasteiger partial charge on any atom is -0.396 e. The fourth-order valence-corrected chi connectivity index (χ4v) is 2.01. The van der Waals surface area contributed by atoms with E-state index in [1.807, 2.05) is 0 Å². The number of unbranched alkanes of at least 4 members (excludes halogenated alkanes) is 1. The highest BCUT2D eigenvalue weighted by molar-refractivity contribution is 5.62. The van der Waals surface area contributed by atoms with E-state index in [0.717, 1.165) is 19.4 Å². The predicted molar refractivity (Wildman–Crippen MR) is 68.6 cm³/mol. The van der Waals surface area contributed by atoms with Gasteiger partial charge in [-0.25, -0.2) is 0 Å². The summed E-state index contributed by atoms with van der Waals surface area (Å²) in [6, 6.07) is 6.60. The summed E-state index contributed by atoms with van der Waals surface area (Å²) in [7, 11) is 0. The molecule has 1 aliphatic rings. The third-order valence-electron chi connectivity index (χ3n) is 2.91. The van der Waals surface area contributed by atoms with E-state index in [1.165, 1.54) is 29.7 Å². The minimum absolute atomic E-state index is 0.274. The molecule has 1 aromatic carbocycles. The van der Waals surface area contributed by atoms with E-state index in [0.29, 0.717) is 0 Å². The molecule has 0 spiro atoms. The molecular formula is C14H19NO. The second kappa shape index (κ2) is 5.71. The van der Waals surface area contributed by atoms with Crippen LogP contribution in [-0.4, -0.2) is 18.3 Å². The quantitative estimate of drug-likeness (QED) is 0.760. The van der Waals surface area contributed by atoms with Gasteiger partial charge in [-0.3, -0.25) is 0 Å². The summed E-state index contributed by atoms with van der Waals surface area (Å²) >= 11 is 0. The maximum absolute atomic E-state index is 8.68. The van der Waals surface area contributed by atoms with Gasteiger partial charge in [-0.05, 0) is 42.9 Å². The van der Waals surface area contributed by atoms with Crippen LogP contribution in [0.3, 0.4) is 0 Å². The summed E-state index contributed by atoms with van der Waals surface area (Å²) in [6.07, 6.45) is 8.48. The fourth-order valence-electron chi connectivity index (χ4n) is 2.01. The maximum Gasteiger partial charge on any atom is 0.0433 e. The van der Waals surface area contributed by atoms with Crippen molar-refractivity contribution in [3.63, 3.8) is 0 Å². The average Bonchev–Trinajstić information content (AvgIpc) is 2.34. The zero-order valence-corrected chi connectivity index (χ0v) is 9.58. The highest BCUT2D eigenvalue weighted by Gasteiger charge is 2.07. The first-order valence-corrected chi connectivity index (χ1v) is 6.04. The van der Waals surface area contributed by atoms with Gasteiger partial charge in [0.25, 0.3) is 0 Å². The largest absolute Gasteiger partial charge is 0.396 e. The highest BCUT2D eigenvalue weighted by atomic mass is 16.2. The van der Waals surface area contributed by atoms with Gasteiger partial charge in [-0.15, -0.1) is 0 Å². The van der Waals surface area contributed by atoms with Crippen LogP contribution >= 0.6 is 0 Å². The Kier molecular flexibility index (Phi) is 4.00. The van der Waals surface area contributed by atoms with E-state index in [4.69, 9.17) is 5.11 Å². The zero-order chi connectivity index (χ0) is 11.2. The molecule has 0 aliphatic carbocycles. The number of nitrogens with one attached hydrogen (secondary N) is 1. The van der Waals surface area contributed by atoms with E-state index >= 15 is 0 Å². The molecule has 16 heavy (non-hydrogen) atoms. The van der Waals surface area contributed by atoms with Crippen molar-refractivity contribution in [2.45, 2.75) is 25.7 Å².